The van der Waals surface area contributed by atoms with E-state index < -0.39 is 0 Å². The molecule has 0 saturated heterocycles. The summed E-state index contributed by atoms with van der Waals surface area (Å²) in [6.07, 6.45) is 13.7. The van der Waals surface area contributed by atoms with E-state index in [1.165, 1.54) is 0 Å². The number of hydrogen-bond donors (Lipinski definition) is 2. The van der Waals surface area contributed by atoms with Crippen molar-refractivity contribution in [1.82, 2.24) is 10.5 Å². The van der Waals surface area contributed by atoms with Crippen LogP contribution in [-0.4, -0.2) is 31.0 Å². The molecule has 2 N–H and O–H groups in total. The molecular weight excluding hydrogens is 328 g/mol. The summed E-state index contributed by atoms with van der Waals surface area (Å²) in [5.41, 5.74) is 4.32. The van der Waals surface area contributed by atoms with Crippen LogP contribution >= 0.6 is 0 Å². The molecule has 0 bridgehead atoms. The van der Waals surface area contributed by atoms with Gasteiger partial charge in [-0.1, -0.05) is 24.3 Å². The van der Waals surface area contributed by atoms with Crippen molar-refractivity contribution in [2.75, 3.05) is 20.8 Å². The predicted molar refractivity (Wildman–Crippen MR) is 104 cm³/mol. The second-order valence-corrected chi connectivity index (χ2v) is 6.59. The van der Waals surface area contributed by atoms with E-state index in [-0.39, 0.29) is 0 Å². The molecule has 0 radical (unpaired) electrons. The molecule has 138 valence electrons. The van der Waals surface area contributed by atoms with Crippen LogP contribution < -0.4 is 15.0 Å². The Morgan fingerprint density at radius 1 is 1.15 bits per heavy atom. The number of methoxy groups -OCH3 is 2. The van der Waals surface area contributed by atoms with Gasteiger partial charge in [-0.25, -0.2) is 5.48 Å². The normalized spacial score (nSPS) is 20.0. The Balaban J connectivity index is 1.81. The lowest BCUT2D eigenvalue weighted by atomic mass is 9.81. The SMILES string of the molecule is COc1cc2nccc(/C=C\CC3CC=CCC3CNO)c2cc1OC. The second kappa shape index (κ2) is 8.83. The maximum atomic E-state index is 9.03. The van der Waals surface area contributed by atoms with Crippen LogP contribution in [0.25, 0.3) is 17.0 Å². The van der Waals surface area contributed by atoms with Gasteiger partial charge in [-0.3, -0.25) is 4.98 Å². The van der Waals surface area contributed by atoms with Gasteiger partial charge in [0.1, 0.15) is 0 Å². The highest BCUT2D eigenvalue weighted by Gasteiger charge is 2.20. The molecule has 0 amide bonds. The number of ether oxygens (including phenoxy) is 2. The number of nitrogens with one attached hydrogen (secondary N) is 1. The lowest BCUT2D eigenvalue weighted by Crippen LogP contribution is -2.27. The summed E-state index contributed by atoms with van der Waals surface area (Å²) in [5.74, 6) is 2.39. The largest absolute Gasteiger partial charge is 0.493 e. The van der Waals surface area contributed by atoms with Gasteiger partial charge >= 0.3 is 0 Å². The number of hydrogen-bond acceptors (Lipinski definition) is 5. The summed E-state index contributed by atoms with van der Waals surface area (Å²) in [4.78, 5) is 4.45. The minimum absolute atomic E-state index is 0.466. The first-order valence-corrected chi connectivity index (χ1v) is 8.96. The summed E-state index contributed by atoms with van der Waals surface area (Å²) in [7, 11) is 3.27. The van der Waals surface area contributed by atoms with Crippen molar-refractivity contribution < 1.29 is 14.7 Å². The topological polar surface area (TPSA) is 63.6 Å². The summed E-state index contributed by atoms with van der Waals surface area (Å²) in [6, 6.07) is 5.89. The highest BCUT2D eigenvalue weighted by atomic mass is 16.5. The Kier molecular flexibility index (Phi) is 6.26. The fourth-order valence-corrected chi connectivity index (χ4v) is 3.59. The lowest BCUT2D eigenvalue weighted by Gasteiger charge is -2.27. The molecule has 2 aromatic rings. The molecule has 0 spiro atoms. The van der Waals surface area contributed by atoms with Gasteiger partial charge in [0.05, 0.1) is 19.7 Å². The molecule has 1 heterocycles. The van der Waals surface area contributed by atoms with Crippen LogP contribution in [0.5, 0.6) is 11.5 Å². The van der Waals surface area contributed by atoms with Crippen molar-refractivity contribution >= 4 is 17.0 Å². The van der Waals surface area contributed by atoms with Gasteiger partial charge in [0.25, 0.3) is 0 Å². The molecule has 1 aromatic heterocycles. The van der Waals surface area contributed by atoms with Crippen molar-refractivity contribution in [3.05, 3.63) is 48.2 Å². The number of nitrogens with zero attached hydrogens (tertiary/aromatic N) is 1. The van der Waals surface area contributed by atoms with E-state index in [4.69, 9.17) is 14.7 Å². The van der Waals surface area contributed by atoms with Crippen LogP contribution in [-0.2, 0) is 0 Å². The summed E-state index contributed by atoms with van der Waals surface area (Å²) < 4.78 is 10.8. The minimum atomic E-state index is 0.466. The predicted octanol–water partition coefficient (Wildman–Crippen LogP) is 4.22. The highest BCUT2D eigenvalue weighted by Crippen LogP contribution is 2.33. The third-order valence-corrected chi connectivity index (χ3v) is 5.08. The molecule has 0 fully saturated rings. The monoisotopic (exact) mass is 354 g/mol. The molecule has 1 aromatic carbocycles. The van der Waals surface area contributed by atoms with Crippen LogP contribution in [0.15, 0.2) is 42.6 Å². The summed E-state index contributed by atoms with van der Waals surface area (Å²) >= 11 is 0. The van der Waals surface area contributed by atoms with E-state index in [0.717, 1.165) is 35.7 Å². The van der Waals surface area contributed by atoms with Gasteiger partial charge in [0.15, 0.2) is 11.5 Å². The molecular formula is C21H26N2O3. The number of aromatic nitrogens is 1. The van der Waals surface area contributed by atoms with Crippen molar-refractivity contribution in [3.8, 4) is 11.5 Å². The molecule has 5 nitrogen and oxygen atoms in total. The van der Waals surface area contributed by atoms with E-state index in [1.54, 1.807) is 14.2 Å². The van der Waals surface area contributed by atoms with Crippen LogP contribution in [0.2, 0.25) is 0 Å². The number of rotatable bonds is 7. The number of fused-ring (bicyclic) bond motifs is 1. The van der Waals surface area contributed by atoms with Crippen molar-refractivity contribution in [3.63, 3.8) is 0 Å². The number of allylic oxidation sites excluding steroid dienone is 3. The third kappa shape index (κ3) is 4.06. The van der Waals surface area contributed by atoms with Crippen molar-refractivity contribution in [2.45, 2.75) is 19.3 Å². The van der Waals surface area contributed by atoms with E-state index in [1.807, 2.05) is 24.4 Å². The first kappa shape index (κ1) is 18.4. The molecule has 1 aliphatic carbocycles. The Bertz CT molecular complexity index is 801. The first-order valence-electron chi connectivity index (χ1n) is 8.96. The Morgan fingerprint density at radius 3 is 2.62 bits per heavy atom. The van der Waals surface area contributed by atoms with Gasteiger partial charge in [0.2, 0.25) is 0 Å². The van der Waals surface area contributed by atoms with Crippen molar-refractivity contribution in [2.24, 2.45) is 11.8 Å². The van der Waals surface area contributed by atoms with Gasteiger partial charge in [-0.2, -0.15) is 0 Å². The number of benzene rings is 1. The summed E-state index contributed by atoms with van der Waals surface area (Å²) in [6.45, 7) is 0.637. The average Bonchev–Trinajstić information content (AvgIpc) is 2.68. The minimum Gasteiger partial charge on any atom is -0.493 e. The lowest BCUT2D eigenvalue weighted by molar-refractivity contribution is 0.131. The molecule has 2 atom stereocenters. The maximum Gasteiger partial charge on any atom is 0.162 e. The van der Waals surface area contributed by atoms with Gasteiger partial charge in [-0.05, 0) is 48.8 Å². The molecule has 2 unspecified atom stereocenters. The number of pyridine rings is 1. The first-order chi connectivity index (χ1) is 12.8. The molecule has 1 aliphatic rings. The van der Waals surface area contributed by atoms with Gasteiger partial charge in [-0.15, -0.1) is 0 Å². The van der Waals surface area contributed by atoms with Crippen molar-refractivity contribution in [1.29, 1.82) is 0 Å². The molecule has 5 heteroatoms. The molecule has 3 rings (SSSR count). The Hall–Kier alpha value is -2.37. The third-order valence-electron chi connectivity index (χ3n) is 5.08. The van der Waals surface area contributed by atoms with Crippen LogP contribution in [0, 0.1) is 11.8 Å². The standard InChI is InChI=1S/C21H26N2O3/c1-25-20-12-18-16(10-11-22-19(18)13-21(20)26-2)9-5-8-15-6-3-4-7-17(15)14-23-24/h3-5,9-13,15,17,23-24H,6-8,14H2,1-2H3/b9-5-. The zero-order chi connectivity index (χ0) is 18.4. The molecule has 0 saturated carbocycles. The average molecular weight is 354 g/mol. The Morgan fingerprint density at radius 2 is 1.88 bits per heavy atom. The second-order valence-electron chi connectivity index (χ2n) is 6.59. The van der Waals surface area contributed by atoms with Crippen LogP contribution in [0.3, 0.4) is 0 Å². The van der Waals surface area contributed by atoms with E-state index in [0.29, 0.717) is 29.9 Å². The zero-order valence-electron chi connectivity index (χ0n) is 15.3. The fraction of sp³-hybridized carbons (Fsp3) is 0.381. The molecule has 0 aliphatic heterocycles. The smallest absolute Gasteiger partial charge is 0.162 e. The van der Waals surface area contributed by atoms with Crippen LogP contribution in [0.4, 0.5) is 0 Å². The van der Waals surface area contributed by atoms with E-state index in [2.05, 4.69) is 34.8 Å². The zero-order valence-corrected chi connectivity index (χ0v) is 15.3. The quantitative estimate of drug-likeness (QED) is 0.576. The number of hydroxylamine groups is 1. The maximum absolute atomic E-state index is 9.03. The summed E-state index contributed by atoms with van der Waals surface area (Å²) in [5, 5.41) is 10.1. The van der Waals surface area contributed by atoms with E-state index in [9.17, 15) is 0 Å². The Labute approximate surface area is 154 Å². The fourth-order valence-electron chi connectivity index (χ4n) is 3.59. The van der Waals surface area contributed by atoms with Crippen LogP contribution in [0.1, 0.15) is 24.8 Å². The highest BCUT2D eigenvalue weighted by molar-refractivity contribution is 5.90. The van der Waals surface area contributed by atoms with E-state index >= 15 is 0 Å². The van der Waals surface area contributed by atoms with Gasteiger partial charge < -0.3 is 14.7 Å². The van der Waals surface area contributed by atoms with Gasteiger partial charge in [0, 0.05) is 24.2 Å². The molecule has 26 heavy (non-hydrogen) atoms.